The second-order valence-electron chi connectivity index (χ2n) is 12.3. The highest BCUT2D eigenvalue weighted by Gasteiger charge is 2.21. The van der Waals surface area contributed by atoms with Crippen LogP contribution in [-0.2, 0) is 0 Å². The lowest BCUT2D eigenvalue weighted by molar-refractivity contribution is 1.18. The molecule has 0 bridgehead atoms. The van der Waals surface area contributed by atoms with Crippen molar-refractivity contribution < 1.29 is 0 Å². The molecule has 0 N–H and O–H groups in total. The Labute approximate surface area is 288 Å². The molecule has 0 aliphatic rings. The molecule has 9 aromatic rings. The highest BCUT2D eigenvalue weighted by atomic mass is 15.0. The summed E-state index contributed by atoms with van der Waals surface area (Å²) in [7, 11) is 0. The van der Waals surface area contributed by atoms with Crippen molar-refractivity contribution in [3.05, 3.63) is 174 Å². The average Bonchev–Trinajstić information content (AvgIpc) is 3.70. The van der Waals surface area contributed by atoms with Crippen molar-refractivity contribution in [2.24, 2.45) is 0 Å². The first-order valence-electron chi connectivity index (χ1n) is 16.3. The van der Waals surface area contributed by atoms with Crippen LogP contribution in [0, 0.1) is 29.2 Å². The van der Waals surface area contributed by atoms with E-state index in [0.717, 1.165) is 60.9 Å². The molecule has 2 aromatic heterocycles. The Morgan fingerprint density at radius 2 is 1.12 bits per heavy atom. The number of hydrogen-bond acceptors (Lipinski definition) is 2. The predicted octanol–water partition coefficient (Wildman–Crippen LogP) is 11.5. The lowest BCUT2D eigenvalue weighted by Crippen LogP contribution is -1.99. The van der Waals surface area contributed by atoms with Gasteiger partial charge in [-0.3, -0.25) is 0 Å². The van der Waals surface area contributed by atoms with Gasteiger partial charge in [0.1, 0.15) is 0 Å². The molecule has 50 heavy (non-hydrogen) atoms. The number of para-hydroxylation sites is 4. The first-order valence-corrected chi connectivity index (χ1v) is 16.3. The lowest BCUT2D eigenvalue weighted by Gasteiger charge is -2.17. The van der Waals surface area contributed by atoms with Crippen molar-refractivity contribution in [1.82, 2.24) is 9.13 Å². The van der Waals surface area contributed by atoms with Gasteiger partial charge < -0.3 is 9.13 Å². The summed E-state index contributed by atoms with van der Waals surface area (Å²) in [6.45, 7) is 8.33. The summed E-state index contributed by atoms with van der Waals surface area (Å²) in [5.74, 6) is 0. The molecule has 0 amide bonds. The highest BCUT2D eigenvalue weighted by molar-refractivity contribution is 6.11. The van der Waals surface area contributed by atoms with Crippen LogP contribution in [0.3, 0.4) is 0 Å². The minimum absolute atomic E-state index is 0.404. The Kier molecular flexibility index (Phi) is 6.56. The molecule has 0 fully saturated rings. The first kappa shape index (κ1) is 28.8. The molecule has 0 aliphatic heterocycles. The van der Waals surface area contributed by atoms with Crippen LogP contribution in [0.2, 0.25) is 0 Å². The number of fused-ring (bicyclic) bond motifs is 6. The Balaban J connectivity index is 1.24. The van der Waals surface area contributed by atoms with E-state index in [2.05, 4.69) is 98.9 Å². The van der Waals surface area contributed by atoms with E-state index in [9.17, 15) is 10.5 Å². The maximum absolute atomic E-state index is 10.6. The maximum atomic E-state index is 10.6. The van der Waals surface area contributed by atoms with Crippen molar-refractivity contribution in [2.75, 3.05) is 0 Å². The number of nitrogens with zero attached hydrogens (tertiary/aromatic N) is 5. The quantitative estimate of drug-likeness (QED) is 0.181. The molecular weight excluding hydrogens is 611 g/mol. The van der Waals surface area contributed by atoms with Gasteiger partial charge in [0.05, 0.1) is 57.6 Å². The largest absolute Gasteiger partial charge is 0.309 e. The Morgan fingerprint density at radius 3 is 1.80 bits per heavy atom. The number of hydrogen-bond donors (Lipinski definition) is 0. The van der Waals surface area contributed by atoms with Gasteiger partial charge in [-0.05, 0) is 83.4 Å². The Hall–Kier alpha value is -7.39. The van der Waals surface area contributed by atoms with Gasteiger partial charge in [-0.2, -0.15) is 10.5 Å². The molecule has 0 radical (unpaired) electrons. The summed E-state index contributed by atoms with van der Waals surface area (Å²) < 4.78 is 4.43. The molecule has 0 unspecified atom stereocenters. The summed E-state index contributed by atoms with van der Waals surface area (Å²) in [6.07, 6.45) is 0. The van der Waals surface area contributed by atoms with Gasteiger partial charge >= 0.3 is 0 Å². The van der Waals surface area contributed by atoms with Crippen molar-refractivity contribution in [2.45, 2.75) is 0 Å². The van der Waals surface area contributed by atoms with Gasteiger partial charge in [0, 0.05) is 32.8 Å². The van der Waals surface area contributed by atoms with Crippen LogP contribution >= 0.6 is 0 Å². The maximum Gasteiger partial charge on any atom is 0.196 e. The van der Waals surface area contributed by atoms with E-state index in [1.807, 2.05) is 78.9 Å². The molecule has 9 rings (SSSR count). The first-order chi connectivity index (χ1) is 24.7. The summed E-state index contributed by atoms with van der Waals surface area (Å²) in [5, 5.41) is 24.6. The van der Waals surface area contributed by atoms with Crippen LogP contribution in [0.15, 0.2) is 152 Å². The van der Waals surface area contributed by atoms with Crippen molar-refractivity contribution >= 4 is 49.3 Å². The molecule has 0 atom stereocenters. The van der Waals surface area contributed by atoms with E-state index < -0.39 is 0 Å². The molecule has 0 saturated heterocycles. The van der Waals surface area contributed by atoms with Gasteiger partial charge in [-0.1, -0.05) is 84.9 Å². The van der Waals surface area contributed by atoms with Crippen LogP contribution in [0.1, 0.15) is 11.1 Å². The van der Waals surface area contributed by atoms with E-state index in [1.165, 1.54) is 10.8 Å². The summed E-state index contributed by atoms with van der Waals surface area (Å²) in [5.41, 5.74) is 10.5. The van der Waals surface area contributed by atoms with E-state index in [0.29, 0.717) is 22.4 Å². The van der Waals surface area contributed by atoms with Gasteiger partial charge in [0.15, 0.2) is 5.69 Å². The third kappa shape index (κ3) is 4.31. The Morgan fingerprint density at radius 1 is 0.500 bits per heavy atom. The van der Waals surface area contributed by atoms with Crippen LogP contribution in [0.5, 0.6) is 0 Å². The predicted molar refractivity (Wildman–Crippen MR) is 202 cm³/mol. The van der Waals surface area contributed by atoms with Crippen molar-refractivity contribution in [3.8, 4) is 45.8 Å². The zero-order valence-electron chi connectivity index (χ0n) is 26.7. The van der Waals surface area contributed by atoms with Gasteiger partial charge in [-0.15, -0.1) is 0 Å². The van der Waals surface area contributed by atoms with Gasteiger partial charge in [0.25, 0.3) is 0 Å². The third-order valence-corrected chi connectivity index (χ3v) is 9.59. The summed E-state index contributed by atoms with van der Waals surface area (Å²) in [6, 6.07) is 55.4. The van der Waals surface area contributed by atoms with E-state index in [1.54, 1.807) is 0 Å². The second-order valence-corrected chi connectivity index (χ2v) is 12.3. The van der Waals surface area contributed by atoms with Gasteiger partial charge in [0.2, 0.25) is 0 Å². The van der Waals surface area contributed by atoms with Crippen molar-refractivity contribution in [3.63, 3.8) is 0 Å². The summed E-state index contributed by atoms with van der Waals surface area (Å²) >= 11 is 0. The van der Waals surface area contributed by atoms with Crippen LogP contribution in [0.25, 0.3) is 82.1 Å². The number of benzene rings is 7. The fourth-order valence-corrected chi connectivity index (χ4v) is 7.46. The van der Waals surface area contributed by atoms with E-state index >= 15 is 0 Å². The molecule has 0 aliphatic carbocycles. The minimum Gasteiger partial charge on any atom is -0.309 e. The molecule has 5 nitrogen and oxygen atoms in total. The molecule has 7 aromatic carbocycles. The van der Waals surface area contributed by atoms with Crippen LogP contribution in [-0.4, -0.2) is 9.13 Å². The number of nitriles is 2. The molecule has 0 spiro atoms. The molecule has 230 valence electrons. The average molecular weight is 636 g/mol. The molecule has 2 heterocycles. The smallest absolute Gasteiger partial charge is 0.196 e. The Bertz CT molecular complexity index is 2880. The SMILES string of the molecule is [C-]#[N+]c1cc(-c2cccc(-n3c4ccccc4c4ccccc43)c2)cc(C#N)c1-c1ccccc1-n1c2ccccc2c2cc(C#N)ccc21. The topological polar surface area (TPSA) is 61.8 Å². The lowest BCUT2D eigenvalue weighted by atomic mass is 9.92. The normalized spacial score (nSPS) is 11.1. The van der Waals surface area contributed by atoms with Crippen molar-refractivity contribution in [1.29, 1.82) is 10.5 Å². The number of aromatic nitrogens is 2. The van der Waals surface area contributed by atoms with Crippen LogP contribution in [0.4, 0.5) is 5.69 Å². The van der Waals surface area contributed by atoms with E-state index in [4.69, 9.17) is 6.57 Å². The number of rotatable bonds is 4. The molecular formula is C45H25N5. The molecule has 5 heteroatoms. The standard InChI is InChI=1S/C45H25N5/c1-48-39-26-31(30-11-10-12-33(25-30)49-40-17-6-2-13-34(40)35-14-3-7-18-41(35)49)24-32(28-47)45(39)37-16-5-9-20-43(37)50-42-19-8-4-15-36(42)38-23-29(27-46)21-22-44(38)50/h2-26H. The molecule has 0 saturated carbocycles. The minimum atomic E-state index is 0.404. The zero-order valence-corrected chi connectivity index (χ0v) is 26.7. The zero-order chi connectivity index (χ0) is 33.8. The third-order valence-electron chi connectivity index (χ3n) is 9.59. The fourth-order valence-electron chi connectivity index (χ4n) is 7.46. The fraction of sp³-hybridized carbons (Fsp3) is 0. The second kappa shape index (κ2) is 11.4. The summed E-state index contributed by atoms with van der Waals surface area (Å²) in [4.78, 5) is 4.01. The monoisotopic (exact) mass is 635 g/mol. The van der Waals surface area contributed by atoms with Gasteiger partial charge in [-0.25, -0.2) is 4.85 Å². The van der Waals surface area contributed by atoms with E-state index in [-0.39, 0.29) is 0 Å². The van der Waals surface area contributed by atoms with Crippen LogP contribution < -0.4 is 0 Å². The highest BCUT2D eigenvalue weighted by Crippen LogP contribution is 2.43.